The van der Waals surface area contributed by atoms with Gasteiger partial charge in [-0.1, -0.05) is 0 Å². The van der Waals surface area contributed by atoms with Crippen LogP contribution in [0.25, 0.3) is 0 Å². The highest BCUT2D eigenvalue weighted by molar-refractivity contribution is 8.00. The van der Waals surface area contributed by atoms with E-state index in [1.807, 2.05) is 0 Å². The summed E-state index contributed by atoms with van der Waals surface area (Å²) in [7, 11) is 0. The Hall–Kier alpha value is -0.0700. The van der Waals surface area contributed by atoms with Crippen molar-refractivity contribution in [1.82, 2.24) is 0 Å². The molecule has 0 aromatic heterocycles. The highest BCUT2D eigenvalue weighted by atomic mass is 32.2. The Morgan fingerprint density at radius 3 is 1.64 bits per heavy atom. The summed E-state index contributed by atoms with van der Waals surface area (Å²) in [4.78, 5) is 0. The molecule has 1 heterocycles. The van der Waals surface area contributed by atoms with Crippen molar-refractivity contribution >= 4 is 11.8 Å². The number of hydrogen-bond donors (Lipinski definition) is 0. The molecule has 0 N–H and O–H groups in total. The minimum absolute atomic E-state index is 0.385. The second kappa shape index (κ2) is 3.83. The third-order valence-electron chi connectivity index (χ3n) is 1.88. The van der Waals surface area contributed by atoms with Gasteiger partial charge in [-0.25, -0.2) is 0 Å². The fourth-order valence-corrected chi connectivity index (χ4v) is 1.89. The number of rotatable bonds is 2. The third-order valence-corrected chi connectivity index (χ3v) is 3.30. The average molecular weight is 237 g/mol. The molecule has 0 saturated carbocycles. The first-order valence-corrected chi connectivity index (χ1v) is 4.94. The summed E-state index contributed by atoms with van der Waals surface area (Å²) in [5, 5.41) is 0. The van der Waals surface area contributed by atoms with E-state index in [2.05, 4.69) is 0 Å². The summed E-state index contributed by atoms with van der Waals surface area (Å²) < 4.78 is 71.8. The topological polar surface area (TPSA) is 0 Å². The zero-order valence-electron chi connectivity index (χ0n) is 6.87. The second-order valence-corrected chi connectivity index (χ2v) is 4.16. The summed E-state index contributed by atoms with van der Waals surface area (Å²) in [6.45, 7) is 0. The molecular weight excluding hydrogens is 230 g/mol. The number of alkyl halides is 6. The predicted molar refractivity (Wildman–Crippen MR) is 40.8 cm³/mol. The normalized spacial score (nSPS) is 19.9. The first kappa shape index (κ1) is 12.0. The summed E-state index contributed by atoms with van der Waals surface area (Å²) in [6.07, 6.45) is -11.4. The molecule has 1 saturated heterocycles. The van der Waals surface area contributed by atoms with E-state index < -0.39 is 30.6 Å². The van der Waals surface area contributed by atoms with Gasteiger partial charge in [-0.15, -0.1) is 0 Å². The van der Waals surface area contributed by atoms with Crippen molar-refractivity contribution in [2.24, 2.45) is 5.92 Å². The maximum atomic E-state index is 12.0. The van der Waals surface area contributed by atoms with Crippen LogP contribution >= 0.6 is 11.8 Å². The molecule has 0 amide bonds. The zero-order valence-corrected chi connectivity index (χ0v) is 7.69. The second-order valence-electron chi connectivity index (χ2n) is 3.08. The molecule has 0 spiro atoms. The molecule has 83 valence electrons. The van der Waals surface area contributed by atoms with Crippen molar-refractivity contribution in [3.63, 3.8) is 0 Å². The summed E-state index contributed by atoms with van der Waals surface area (Å²) in [6, 6.07) is 0. The summed E-state index contributed by atoms with van der Waals surface area (Å²) >= 11 is 1.36. The van der Waals surface area contributed by atoms with Crippen molar-refractivity contribution in [3.8, 4) is 0 Å². The molecule has 1 aliphatic rings. The lowest BCUT2D eigenvalue weighted by Crippen LogP contribution is -2.37. The lowest BCUT2D eigenvalue weighted by molar-refractivity contribution is -0.208. The molecule has 0 unspecified atom stereocenters. The lowest BCUT2D eigenvalue weighted by Gasteiger charge is -2.30. The molecule has 0 bridgehead atoms. The van der Waals surface area contributed by atoms with Crippen LogP contribution in [0.3, 0.4) is 0 Å². The molecule has 7 heteroatoms. The van der Waals surface area contributed by atoms with Gasteiger partial charge in [-0.05, 0) is 23.8 Å². The first-order chi connectivity index (χ1) is 6.21. The van der Waals surface area contributed by atoms with Gasteiger partial charge in [0.2, 0.25) is 0 Å². The number of thioether (sulfide) groups is 1. The van der Waals surface area contributed by atoms with Crippen molar-refractivity contribution < 1.29 is 26.3 Å². The van der Waals surface area contributed by atoms with Gasteiger partial charge in [0.25, 0.3) is 0 Å². The van der Waals surface area contributed by atoms with Crippen LogP contribution in [0.1, 0.15) is 6.42 Å². The van der Waals surface area contributed by atoms with Crippen LogP contribution in [0.5, 0.6) is 0 Å². The molecule has 1 radical (unpaired) electrons. The highest BCUT2D eigenvalue weighted by Crippen LogP contribution is 2.46. The minimum Gasteiger partial charge on any atom is -0.170 e. The van der Waals surface area contributed by atoms with Crippen LogP contribution in [-0.4, -0.2) is 23.9 Å². The van der Waals surface area contributed by atoms with E-state index in [1.54, 1.807) is 0 Å². The molecule has 14 heavy (non-hydrogen) atoms. The standard InChI is InChI=1S/C7H7F6S/c8-6(9,10)5(7(11,12)13)1-4-2-14-3-4/h4H,1-3H2. The van der Waals surface area contributed by atoms with Gasteiger partial charge in [-0.2, -0.15) is 38.1 Å². The predicted octanol–water partition coefficient (Wildman–Crippen LogP) is 3.44. The van der Waals surface area contributed by atoms with Gasteiger partial charge in [0.15, 0.2) is 5.92 Å². The largest absolute Gasteiger partial charge is 0.404 e. The van der Waals surface area contributed by atoms with E-state index in [1.165, 1.54) is 11.8 Å². The highest BCUT2D eigenvalue weighted by Gasteiger charge is 2.58. The molecule has 1 rings (SSSR count). The quantitative estimate of drug-likeness (QED) is 0.663. The van der Waals surface area contributed by atoms with Crippen molar-refractivity contribution in [2.75, 3.05) is 11.5 Å². The maximum Gasteiger partial charge on any atom is 0.404 e. The van der Waals surface area contributed by atoms with Crippen molar-refractivity contribution in [2.45, 2.75) is 18.8 Å². The number of hydrogen-bond acceptors (Lipinski definition) is 1. The Kier molecular flexibility index (Phi) is 3.28. The fraction of sp³-hybridized carbons (Fsp3) is 0.857. The van der Waals surface area contributed by atoms with Crippen LogP contribution in [0, 0.1) is 11.8 Å². The van der Waals surface area contributed by atoms with Crippen LogP contribution < -0.4 is 0 Å². The average Bonchev–Trinajstić information content (AvgIpc) is 1.76. The van der Waals surface area contributed by atoms with Crippen LogP contribution in [-0.2, 0) is 0 Å². The Balaban J connectivity index is 2.61. The monoisotopic (exact) mass is 237 g/mol. The van der Waals surface area contributed by atoms with Gasteiger partial charge >= 0.3 is 12.4 Å². The smallest absolute Gasteiger partial charge is 0.170 e. The van der Waals surface area contributed by atoms with Gasteiger partial charge < -0.3 is 0 Å². The van der Waals surface area contributed by atoms with Gasteiger partial charge in [0, 0.05) is 0 Å². The Morgan fingerprint density at radius 1 is 1.00 bits per heavy atom. The van der Waals surface area contributed by atoms with Gasteiger partial charge in [0.1, 0.15) is 0 Å². The van der Waals surface area contributed by atoms with Crippen molar-refractivity contribution in [3.05, 3.63) is 5.92 Å². The summed E-state index contributed by atoms with van der Waals surface area (Å²) in [5.74, 6) is -1.96. The first-order valence-electron chi connectivity index (χ1n) is 3.79. The van der Waals surface area contributed by atoms with Crippen LogP contribution in [0.15, 0.2) is 0 Å². The Labute approximate surface area is 81.0 Å². The third kappa shape index (κ3) is 2.96. The van der Waals surface area contributed by atoms with Gasteiger partial charge in [0.05, 0.1) is 0 Å². The summed E-state index contributed by atoms with van der Waals surface area (Å²) in [5.41, 5.74) is 0. The van der Waals surface area contributed by atoms with E-state index in [0.717, 1.165) is 0 Å². The molecule has 0 atom stereocenters. The SMILES string of the molecule is FC(F)(F)[C](CC1CSC1)C(F)(F)F. The number of halogens is 6. The zero-order chi connectivity index (χ0) is 11.0. The van der Waals surface area contributed by atoms with Crippen LogP contribution in [0.4, 0.5) is 26.3 Å². The van der Waals surface area contributed by atoms with E-state index in [4.69, 9.17) is 0 Å². The molecule has 0 aromatic rings. The Morgan fingerprint density at radius 2 is 1.43 bits per heavy atom. The Bertz CT molecular complexity index is 177. The van der Waals surface area contributed by atoms with Crippen molar-refractivity contribution in [1.29, 1.82) is 0 Å². The fourth-order valence-electron chi connectivity index (χ4n) is 1.08. The molecule has 1 fully saturated rings. The maximum absolute atomic E-state index is 12.0. The van der Waals surface area contributed by atoms with E-state index in [0.29, 0.717) is 11.5 Å². The molecule has 0 nitrogen and oxygen atoms in total. The molecule has 0 aromatic carbocycles. The lowest BCUT2D eigenvalue weighted by atomic mass is 9.95. The van der Waals surface area contributed by atoms with E-state index >= 15 is 0 Å². The van der Waals surface area contributed by atoms with E-state index in [9.17, 15) is 26.3 Å². The van der Waals surface area contributed by atoms with Crippen LogP contribution in [0.2, 0.25) is 0 Å². The molecule has 1 aliphatic heterocycles. The molecular formula is C7H7F6S. The minimum atomic E-state index is -5.25. The van der Waals surface area contributed by atoms with Gasteiger partial charge in [-0.3, -0.25) is 0 Å². The van der Waals surface area contributed by atoms with E-state index in [-0.39, 0.29) is 0 Å². The molecule has 0 aliphatic carbocycles.